The molecule has 0 aliphatic rings. The molecule has 2 aromatic rings. The van der Waals surface area contributed by atoms with Gasteiger partial charge in [-0.25, -0.2) is 4.98 Å². The van der Waals surface area contributed by atoms with E-state index in [1.165, 1.54) is 32.1 Å². The van der Waals surface area contributed by atoms with E-state index < -0.39 is 0 Å². The Morgan fingerprint density at radius 1 is 1.09 bits per heavy atom. The minimum atomic E-state index is -0.291. The molecular weight excluding hydrogens is 278 g/mol. The Morgan fingerprint density at radius 3 is 2.55 bits per heavy atom. The van der Waals surface area contributed by atoms with E-state index in [-0.39, 0.29) is 11.4 Å². The van der Waals surface area contributed by atoms with Crippen LogP contribution in [0.2, 0.25) is 0 Å². The van der Waals surface area contributed by atoms with Crippen molar-refractivity contribution in [2.24, 2.45) is 0 Å². The highest BCUT2D eigenvalue weighted by Crippen LogP contribution is 2.14. The Hall–Kier alpha value is -2.17. The molecule has 0 aliphatic heterocycles. The Kier molecular flexibility index (Phi) is 6.61. The molecule has 0 saturated carbocycles. The van der Waals surface area contributed by atoms with Gasteiger partial charge < -0.3 is 9.72 Å². The minimum Gasteiger partial charge on any atom is -0.435 e. The van der Waals surface area contributed by atoms with Crippen LogP contribution in [0, 0.1) is 0 Å². The zero-order valence-corrected chi connectivity index (χ0v) is 13.0. The summed E-state index contributed by atoms with van der Waals surface area (Å²) in [5, 5.41) is 0. The van der Waals surface area contributed by atoms with Crippen LogP contribution in [0.3, 0.4) is 0 Å². The second-order valence-electron chi connectivity index (χ2n) is 5.35. The molecule has 0 aromatic carbocycles. The van der Waals surface area contributed by atoms with Crippen molar-refractivity contribution in [1.29, 1.82) is 0 Å². The van der Waals surface area contributed by atoms with Crippen LogP contribution in [0.1, 0.15) is 51.1 Å². The normalized spacial score (nSPS) is 10.6. The summed E-state index contributed by atoms with van der Waals surface area (Å²) in [6, 6.07) is 3.37. The average Bonchev–Trinajstić information content (AvgIpc) is 2.54. The third-order valence-corrected chi connectivity index (χ3v) is 3.47. The lowest BCUT2D eigenvalue weighted by Crippen LogP contribution is -2.13. The average molecular weight is 301 g/mol. The van der Waals surface area contributed by atoms with Gasteiger partial charge in [0.05, 0.1) is 6.20 Å². The standard InChI is InChI=1S/C17H23N3O2/c1-2-3-4-5-6-7-8-14-13-19-17(16(21)20-14)22-15-9-11-18-12-10-15/h9-13H,2-8H2,1H3,(H,20,21). The largest absolute Gasteiger partial charge is 0.435 e. The fraction of sp³-hybridized carbons (Fsp3) is 0.471. The Morgan fingerprint density at radius 2 is 1.82 bits per heavy atom. The number of pyridine rings is 1. The molecule has 0 aliphatic carbocycles. The number of aryl methyl sites for hydroxylation is 1. The molecule has 0 radical (unpaired) electrons. The molecule has 118 valence electrons. The topological polar surface area (TPSA) is 67.9 Å². The van der Waals surface area contributed by atoms with Crippen LogP contribution < -0.4 is 10.3 Å². The highest BCUT2D eigenvalue weighted by atomic mass is 16.5. The molecule has 2 heterocycles. The Bertz CT molecular complexity index is 611. The molecule has 0 bridgehead atoms. The second-order valence-corrected chi connectivity index (χ2v) is 5.35. The van der Waals surface area contributed by atoms with Crippen LogP contribution >= 0.6 is 0 Å². The number of unbranched alkanes of at least 4 members (excludes halogenated alkanes) is 5. The molecular formula is C17H23N3O2. The van der Waals surface area contributed by atoms with Crippen molar-refractivity contribution in [2.75, 3.05) is 0 Å². The van der Waals surface area contributed by atoms with Gasteiger partial charge in [0.25, 0.3) is 5.88 Å². The smallest absolute Gasteiger partial charge is 0.311 e. The monoisotopic (exact) mass is 301 g/mol. The highest BCUT2D eigenvalue weighted by molar-refractivity contribution is 5.23. The first-order valence-electron chi connectivity index (χ1n) is 7.95. The lowest BCUT2D eigenvalue weighted by molar-refractivity contribution is 0.452. The van der Waals surface area contributed by atoms with Crippen molar-refractivity contribution in [3.05, 3.63) is 46.8 Å². The number of H-pyrrole nitrogens is 1. The van der Waals surface area contributed by atoms with Crippen LogP contribution in [-0.4, -0.2) is 15.0 Å². The Balaban J connectivity index is 1.83. The molecule has 0 atom stereocenters. The van der Waals surface area contributed by atoms with E-state index in [0.29, 0.717) is 5.75 Å². The molecule has 2 rings (SSSR count). The summed E-state index contributed by atoms with van der Waals surface area (Å²) in [7, 11) is 0. The molecule has 0 spiro atoms. The molecule has 0 amide bonds. The van der Waals surface area contributed by atoms with Crippen LogP contribution in [0.5, 0.6) is 11.6 Å². The van der Waals surface area contributed by atoms with Gasteiger partial charge in [0.1, 0.15) is 5.75 Å². The predicted molar refractivity (Wildman–Crippen MR) is 86.2 cm³/mol. The quantitative estimate of drug-likeness (QED) is 0.714. The third-order valence-electron chi connectivity index (χ3n) is 3.47. The van der Waals surface area contributed by atoms with E-state index in [4.69, 9.17) is 4.74 Å². The summed E-state index contributed by atoms with van der Waals surface area (Å²) < 4.78 is 5.44. The van der Waals surface area contributed by atoms with Gasteiger partial charge >= 0.3 is 5.56 Å². The Labute approximate surface area is 130 Å². The number of aromatic nitrogens is 3. The zero-order valence-electron chi connectivity index (χ0n) is 13.0. The summed E-state index contributed by atoms with van der Waals surface area (Å²) in [4.78, 5) is 22.8. The van der Waals surface area contributed by atoms with Crippen molar-refractivity contribution in [1.82, 2.24) is 15.0 Å². The number of rotatable bonds is 9. The maximum absolute atomic E-state index is 12.0. The predicted octanol–water partition coefficient (Wildman–Crippen LogP) is 3.86. The van der Waals surface area contributed by atoms with E-state index >= 15 is 0 Å². The molecule has 0 unspecified atom stereocenters. The van der Waals surface area contributed by atoms with Crippen LogP contribution in [0.25, 0.3) is 0 Å². The van der Waals surface area contributed by atoms with E-state index in [9.17, 15) is 4.79 Å². The van der Waals surface area contributed by atoms with Crippen molar-refractivity contribution in [3.63, 3.8) is 0 Å². The van der Waals surface area contributed by atoms with Gasteiger partial charge in [-0.3, -0.25) is 9.78 Å². The van der Waals surface area contributed by atoms with Crippen molar-refractivity contribution in [2.45, 2.75) is 51.9 Å². The lowest BCUT2D eigenvalue weighted by atomic mass is 10.1. The number of hydrogen-bond donors (Lipinski definition) is 1. The molecule has 1 N–H and O–H groups in total. The van der Waals surface area contributed by atoms with Gasteiger partial charge in [-0.2, -0.15) is 0 Å². The van der Waals surface area contributed by atoms with E-state index in [1.54, 1.807) is 30.7 Å². The van der Waals surface area contributed by atoms with Crippen molar-refractivity contribution < 1.29 is 4.74 Å². The van der Waals surface area contributed by atoms with Crippen molar-refractivity contribution in [3.8, 4) is 11.6 Å². The van der Waals surface area contributed by atoms with Gasteiger partial charge in [0.2, 0.25) is 0 Å². The number of hydrogen-bond acceptors (Lipinski definition) is 4. The number of aromatic amines is 1. The van der Waals surface area contributed by atoms with Crippen molar-refractivity contribution >= 4 is 0 Å². The van der Waals surface area contributed by atoms with Crippen LogP contribution in [-0.2, 0) is 6.42 Å². The van der Waals surface area contributed by atoms with E-state index in [0.717, 1.165) is 18.5 Å². The first-order chi connectivity index (χ1) is 10.8. The summed E-state index contributed by atoms with van der Waals surface area (Å²) in [5.74, 6) is 0.620. The molecule has 5 heteroatoms. The molecule has 0 saturated heterocycles. The van der Waals surface area contributed by atoms with E-state index in [1.807, 2.05) is 0 Å². The van der Waals surface area contributed by atoms with Gasteiger partial charge in [-0.05, 0) is 25.0 Å². The van der Waals surface area contributed by atoms with E-state index in [2.05, 4.69) is 21.9 Å². The van der Waals surface area contributed by atoms with Crippen LogP contribution in [0.15, 0.2) is 35.5 Å². The minimum absolute atomic E-state index is 0.0675. The number of nitrogens with zero attached hydrogens (tertiary/aromatic N) is 2. The summed E-state index contributed by atoms with van der Waals surface area (Å²) >= 11 is 0. The van der Waals surface area contributed by atoms with Crippen LogP contribution in [0.4, 0.5) is 0 Å². The number of ether oxygens (including phenoxy) is 1. The maximum Gasteiger partial charge on any atom is 0.311 e. The fourth-order valence-corrected chi connectivity index (χ4v) is 2.24. The molecule has 2 aromatic heterocycles. The van der Waals surface area contributed by atoms with Gasteiger partial charge in [-0.1, -0.05) is 39.0 Å². The number of nitrogens with one attached hydrogen (secondary N) is 1. The maximum atomic E-state index is 12.0. The summed E-state index contributed by atoms with van der Waals surface area (Å²) in [6.45, 7) is 2.21. The lowest BCUT2D eigenvalue weighted by Gasteiger charge is -2.05. The molecule has 0 fully saturated rings. The van der Waals surface area contributed by atoms with Gasteiger partial charge in [-0.15, -0.1) is 0 Å². The fourth-order valence-electron chi connectivity index (χ4n) is 2.24. The summed E-state index contributed by atoms with van der Waals surface area (Å²) in [5.41, 5.74) is 0.572. The SMILES string of the molecule is CCCCCCCCc1cnc(Oc2ccncc2)c(=O)[nH]1. The molecule has 22 heavy (non-hydrogen) atoms. The highest BCUT2D eigenvalue weighted by Gasteiger charge is 2.05. The van der Waals surface area contributed by atoms with Gasteiger partial charge in [0.15, 0.2) is 0 Å². The molecule has 5 nitrogen and oxygen atoms in total. The summed E-state index contributed by atoms with van der Waals surface area (Å²) in [6.07, 6.45) is 13.1. The van der Waals surface area contributed by atoms with Gasteiger partial charge in [0, 0.05) is 18.1 Å². The third kappa shape index (κ3) is 5.31. The zero-order chi connectivity index (χ0) is 15.6. The first-order valence-corrected chi connectivity index (χ1v) is 7.95. The first kappa shape index (κ1) is 16.2. The second kappa shape index (κ2) is 8.97.